The molecule has 1 atom stereocenters. The minimum absolute atomic E-state index is 0.514. The number of nitrogens with zero attached hydrogens (tertiary/aromatic N) is 2. The number of rotatable bonds is 4. The Balaban J connectivity index is 2.57. The van der Waals surface area contributed by atoms with Crippen molar-refractivity contribution in [2.45, 2.75) is 32.4 Å². The van der Waals surface area contributed by atoms with Gasteiger partial charge in [0.2, 0.25) is 0 Å². The first-order valence-electron chi connectivity index (χ1n) is 6.27. The Labute approximate surface area is 140 Å². The van der Waals surface area contributed by atoms with E-state index in [1.165, 1.54) is 0 Å². The van der Waals surface area contributed by atoms with Crippen LogP contribution in [0.1, 0.15) is 31.5 Å². The molecule has 0 aliphatic carbocycles. The van der Waals surface area contributed by atoms with E-state index >= 15 is 0 Å². The molecule has 108 valence electrons. The first-order chi connectivity index (χ1) is 9.37. The third kappa shape index (κ3) is 2.96. The van der Waals surface area contributed by atoms with Crippen LogP contribution in [0.15, 0.2) is 33.3 Å². The molecule has 1 aromatic heterocycles. The molecule has 0 spiro atoms. The second-order valence-electron chi connectivity index (χ2n) is 4.76. The van der Waals surface area contributed by atoms with E-state index in [2.05, 4.69) is 43.9 Å². The van der Waals surface area contributed by atoms with Gasteiger partial charge in [0.1, 0.15) is 5.60 Å². The van der Waals surface area contributed by atoms with Gasteiger partial charge in [-0.05, 0) is 41.4 Å². The molecule has 0 amide bonds. The van der Waals surface area contributed by atoms with Crippen LogP contribution in [0.3, 0.4) is 0 Å². The highest BCUT2D eigenvalue weighted by molar-refractivity contribution is 9.10. The lowest BCUT2D eigenvalue weighted by molar-refractivity contribution is 0.0907. The van der Waals surface area contributed by atoms with Crippen molar-refractivity contribution in [3.8, 4) is 0 Å². The van der Waals surface area contributed by atoms with Crippen molar-refractivity contribution >= 4 is 43.5 Å². The minimum Gasteiger partial charge on any atom is -0.379 e. The highest BCUT2D eigenvalue weighted by atomic mass is 79.9. The second-order valence-corrected chi connectivity index (χ2v) is 6.94. The standard InChI is InChI=1S/C14H15Br2ClN2O/c1-3-6-19-13(11(16)8-18-19)14(2,20)10-5-4-9(15)7-12(10)17/h4-5,7-8,20H,3,6H2,1-2H3. The SMILES string of the molecule is CCCn1ncc(Br)c1C(C)(O)c1ccc(Br)cc1Cl. The van der Waals surface area contributed by atoms with Crippen LogP contribution >= 0.6 is 43.5 Å². The van der Waals surface area contributed by atoms with Gasteiger partial charge in [-0.3, -0.25) is 4.68 Å². The van der Waals surface area contributed by atoms with Crippen LogP contribution < -0.4 is 0 Å². The fraction of sp³-hybridized carbons (Fsp3) is 0.357. The van der Waals surface area contributed by atoms with Gasteiger partial charge in [-0.1, -0.05) is 40.5 Å². The zero-order valence-electron chi connectivity index (χ0n) is 11.2. The van der Waals surface area contributed by atoms with Gasteiger partial charge in [0.05, 0.1) is 16.4 Å². The van der Waals surface area contributed by atoms with Crippen molar-refractivity contribution in [3.63, 3.8) is 0 Å². The second kappa shape index (κ2) is 6.18. The summed E-state index contributed by atoms with van der Waals surface area (Å²) in [7, 11) is 0. The Morgan fingerprint density at radius 2 is 2.10 bits per heavy atom. The third-order valence-electron chi connectivity index (χ3n) is 3.15. The Morgan fingerprint density at radius 3 is 2.70 bits per heavy atom. The zero-order valence-corrected chi connectivity index (χ0v) is 15.1. The topological polar surface area (TPSA) is 38.0 Å². The Bertz CT molecular complexity index is 626. The summed E-state index contributed by atoms with van der Waals surface area (Å²) in [5.41, 5.74) is 0.145. The van der Waals surface area contributed by atoms with Crippen molar-refractivity contribution in [1.29, 1.82) is 0 Å². The maximum atomic E-state index is 11.0. The summed E-state index contributed by atoms with van der Waals surface area (Å²) < 4.78 is 3.46. The summed E-state index contributed by atoms with van der Waals surface area (Å²) in [4.78, 5) is 0. The Hall–Kier alpha value is -0.360. The molecule has 1 aromatic carbocycles. The molecular weight excluding hydrogens is 407 g/mol. The quantitative estimate of drug-likeness (QED) is 0.774. The molecule has 0 fully saturated rings. The van der Waals surface area contributed by atoms with Gasteiger partial charge >= 0.3 is 0 Å². The van der Waals surface area contributed by atoms with Gasteiger partial charge in [-0.25, -0.2) is 0 Å². The average molecular weight is 423 g/mol. The van der Waals surface area contributed by atoms with E-state index in [1.54, 1.807) is 19.2 Å². The maximum Gasteiger partial charge on any atom is 0.131 e. The fourth-order valence-electron chi connectivity index (χ4n) is 2.24. The number of halogens is 3. The monoisotopic (exact) mass is 420 g/mol. The molecule has 0 saturated carbocycles. The smallest absolute Gasteiger partial charge is 0.131 e. The van der Waals surface area contributed by atoms with Crippen molar-refractivity contribution < 1.29 is 5.11 Å². The molecule has 6 heteroatoms. The summed E-state index contributed by atoms with van der Waals surface area (Å²) in [6.07, 6.45) is 2.64. The average Bonchev–Trinajstić information content (AvgIpc) is 2.71. The van der Waals surface area contributed by atoms with Crippen molar-refractivity contribution in [2.75, 3.05) is 0 Å². The molecule has 1 N–H and O–H groups in total. The van der Waals surface area contributed by atoms with E-state index in [4.69, 9.17) is 11.6 Å². The van der Waals surface area contributed by atoms with Crippen LogP contribution in [0.25, 0.3) is 0 Å². The van der Waals surface area contributed by atoms with Gasteiger partial charge in [0.25, 0.3) is 0 Å². The predicted molar refractivity (Wildman–Crippen MR) is 88.0 cm³/mol. The number of aliphatic hydroxyl groups is 1. The molecule has 0 aliphatic heterocycles. The van der Waals surface area contributed by atoms with Crippen molar-refractivity contribution in [1.82, 2.24) is 9.78 Å². The number of hydrogen-bond acceptors (Lipinski definition) is 2. The number of aryl methyl sites for hydroxylation is 1. The molecule has 0 aliphatic rings. The maximum absolute atomic E-state index is 11.0. The highest BCUT2D eigenvalue weighted by Crippen LogP contribution is 2.38. The van der Waals surface area contributed by atoms with Crippen LogP contribution in [0, 0.1) is 0 Å². The first kappa shape index (κ1) is 16.0. The molecule has 1 unspecified atom stereocenters. The Morgan fingerprint density at radius 1 is 1.40 bits per heavy atom. The van der Waals surface area contributed by atoms with E-state index < -0.39 is 5.60 Å². The lowest BCUT2D eigenvalue weighted by Crippen LogP contribution is -2.28. The summed E-state index contributed by atoms with van der Waals surface area (Å²) in [6, 6.07) is 5.46. The molecule has 0 radical (unpaired) electrons. The van der Waals surface area contributed by atoms with Crippen molar-refractivity contribution in [3.05, 3.63) is 49.6 Å². The van der Waals surface area contributed by atoms with Gasteiger partial charge in [-0.2, -0.15) is 5.10 Å². The summed E-state index contributed by atoms with van der Waals surface area (Å²) >= 11 is 13.1. The van der Waals surface area contributed by atoms with Crippen LogP contribution in [0.2, 0.25) is 5.02 Å². The van der Waals surface area contributed by atoms with Crippen molar-refractivity contribution in [2.24, 2.45) is 0 Å². The predicted octanol–water partition coefficient (Wildman–Crippen LogP) is 4.73. The molecule has 3 nitrogen and oxygen atoms in total. The molecule has 2 rings (SSSR count). The number of benzene rings is 1. The highest BCUT2D eigenvalue weighted by Gasteiger charge is 2.33. The first-order valence-corrected chi connectivity index (χ1v) is 8.24. The minimum atomic E-state index is -1.22. The van der Waals surface area contributed by atoms with Gasteiger partial charge < -0.3 is 5.11 Å². The van der Waals surface area contributed by atoms with Crippen LogP contribution in [0.4, 0.5) is 0 Å². The van der Waals surface area contributed by atoms with Crippen LogP contribution in [0.5, 0.6) is 0 Å². The van der Waals surface area contributed by atoms with E-state index in [0.717, 1.165) is 21.9 Å². The normalized spacial score (nSPS) is 14.3. The Kier molecular flexibility index (Phi) is 4.95. The molecule has 2 aromatic rings. The fourth-order valence-corrected chi connectivity index (χ4v) is 3.78. The third-order valence-corrected chi connectivity index (χ3v) is 4.53. The molecule has 1 heterocycles. The molecule has 0 saturated heterocycles. The van der Waals surface area contributed by atoms with E-state index in [9.17, 15) is 5.11 Å². The summed E-state index contributed by atoms with van der Waals surface area (Å²) in [6.45, 7) is 4.54. The largest absolute Gasteiger partial charge is 0.379 e. The van der Waals surface area contributed by atoms with E-state index in [1.807, 2.05) is 16.8 Å². The van der Waals surface area contributed by atoms with Crippen LogP contribution in [-0.4, -0.2) is 14.9 Å². The molecular formula is C14H15Br2ClN2O. The molecule has 20 heavy (non-hydrogen) atoms. The zero-order chi connectivity index (χ0) is 14.9. The summed E-state index contributed by atoms with van der Waals surface area (Å²) in [5, 5.41) is 15.8. The lowest BCUT2D eigenvalue weighted by atomic mass is 9.92. The van der Waals surface area contributed by atoms with E-state index in [0.29, 0.717) is 16.3 Å². The van der Waals surface area contributed by atoms with Gasteiger partial charge in [-0.15, -0.1) is 0 Å². The lowest BCUT2D eigenvalue weighted by Gasteiger charge is -2.26. The van der Waals surface area contributed by atoms with E-state index in [-0.39, 0.29) is 0 Å². The van der Waals surface area contributed by atoms with Crippen LogP contribution in [-0.2, 0) is 12.1 Å². The van der Waals surface area contributed by atoms with Gasteiger partial charge in [0, 0.05) is 21.6 Å². The number of aromatic nitrogens is 2. The summed E-state index contributed by atoms with van der Waals surface area (Å²) in [5.74, 6) is 0. The molecule has 0 bridgehead atoms. The van der Waals surface area contributed by atoms with Gasteiger partial charge in [0.15, 0.2) is 0 Å². The number of hydrogen-bond donors (Lipinski definition) is 1.